The van der Waals surface area contributed by atoms with Crippen molar-refractivity contribution in [3.63, 3.8) is 0 Å². The van der Waals surface area contributed by atoms with Crippen molar-refractivity contribution in [1.29, 1.82) is 0 Å². The molecule has 29 heavy (non-hydrogen) atoms. The van der Waals surface area contributed by atoms with Crippen LogP contribution in [0.1, 0.15) is 55.1 Å². The fourth-order valence-corrected chi connectivity index (χ4v) is 4.38. The van der Waals surface area contributed by atoms with Crippen LogP contribution in [0.2, 0.25) is 0 Å². The molecule has 1 spiro atoms. The number of benzene rings is 1. The van der Waals surface area contributed by atoms with Crippen LogP contribution >= 0.6 is 22.6 Å². The average Bonchev–Trinajstić information content (AvgIpc) is 3.45. The molecule has 154 valence electrons. The monoisotopic (exact) mass is 506 g/mol. The molecular formula is C22H27IN4O2. The maximum atomic E-state index is 13.1. The Hall–Kier alpha value is -1.90. The highest BCUT2D eigenvalue weighted by Crippen LogP contribution is 2.54. The summed E-state index contributed by atoms with van der Waals surface area (Å²) >= 11 is 2.31. The van der Waals surface area contributed by atoms with Gasteiger partial charge in [-0.2, -0.15) is 4.98 Å². The predicted molar refractivity (Wildman–Crippen MR) is 123 cm³/mol. The van der Waals surface area contributed by atoms with Crippen LogP contribution in [-0.2, 0) is 0 Å². The summed E-state index contributed by atoms with van der Waals surface area (Å²) in [5, 5.41) is 2.94. The van der Waals surface area contributed by atoms with Crippen LogP contribution in [-0.4, -0.2) is 35.6 Å². The van der Waals surface area contributed by atoms with Crippen molar-refractivity contribution in [3.05, 3.63) is 39.1 Å². The number of aryl methyl sites for hydroxylation is 1. The highest BCUT2D eigenvalue weighted by molar-refractivity contribution is 14.1. The quantitative estimate of drug-likeness (QED) is 0.570. The summed E-state index contributed by atoms with van der Waals surface area (Å²) in [4.78, 5) is 24.1. The van der Waals surface area contributed by atoms with E-state index in [1.807, 2.05) is 26.0 Å². The smallest absolute Gasteiger partial charge is 0.318 e. The molecule has 0 atom stereocenters. The summed E-state index contributed by atoms with van der Waals surface area (Å²) in [6, 6.07) is 8.07. The number of anilines is 2. The molecule has 1 aliphatic heterocycles. The summed E-state index contributed by atoms with van der Waals surface area (Å²) in [6.07, 6.45) is 6.07. The van der Waals surface area contributed by atoms with E-state index in [2.05, 4.69) is 48.8 Å². The van der Waals surface area contributed by atoms with E-state index in [1.54, 1.807) is 6.07 Å². The summed E-state index contributed by atoms with van der Waals surface area (Å²) in [5.74, 6) is 0.316. The van der Waals surface area contributed by atoms with Crippen molar-refractivity contribution in [3.8, 4) is 6.01 Å². The Morgan fingerprint density at radius 2 is 1.97 bits per heavy atom. The van der Waals surface area contributed by atoms with Crippen LogP contribution in [0.5, 0.6) is 6.01 Å². The second-order valence-electron chi connectivity index (χ2n) is 8.13. The molecular weight excluding hydrogens is 479 g/mol. The van der Waals surface area contributed by atoms with Crippen molar-refractivity contribution in [2.24, 2.45) is 5.41 Å². The van der Waals surface area contributed by atoms with Crippen molar-refractivity contribution < 1.29 is 9.53 Å². The third kappa shape index (κ3) is 4.82. The fraction of sp³-hybridized carbons (Fsp3) is 0.500. The normalized spacial score (nSPS) is 17.3. The third-order valence-corrected chi connectivity index (χ3v) is 6.51. The molecule has 2 fully saturated rings. The second kappa shape index (κ2) is 8.45. The average molecular weight is 506 g/mol. The van der Waals surface area contributed by atoms with Gasteiger partial charge < -0.3 is 15.0 Å². The molecule has 0 unspecified atom stereocenters. The van der Waals surface area contributed by atoms with Gasteiger partial charge in [0.15, 0.2) is 0 Å². The number of rotatable bonds is 6. The van der Waals surface area contributed by atoms with E-state index >= 15 is 0 Å². The first-order valence-corrected chi connectivity index (χ1v) is 11.4. The second-order valence-corrected chi connectivity index (χ2v) is 9.37. The van der Waals surface area contributed by atoms with Gasteiger partial charge in [-0.05, 0) is 85.2 Å². The summed E-state index contributed by atoms with van der Waals surface area (Å²) in [6.45, 7) is 6.48. The molecule has 1 aliphatic carbocycles. The summed E-state index contributed by atoms with van der Waals surface area (Å²) < 4.78 is 6.67. The minimum atomic E-state index is -0.150. The topological polar surface area (TPSA) is 67.3 Å². The van der Waals surface area contributed by atoms with Crippen LogP contribution in [0, 0.1) is 15.9 Å². The van der Waals surface area contributed by atoms with Crippen LogP contribution in [0.25, 0.3) is 0 Å². The molecule has 1 N–H and O–H groups in total. The van der Waals surface area contributed by atoms with Crippen molar-refractivity contribution in [1.82, 2.24) is 9.97 Å². The van der Waals surface area contributed by atoms with Gasteiger partial charge in [-0.1, -0.05) is 6.92 Å². The maximum Gasteiger partial charge on any atom is 0.318 e. The molecule has 2 aromatic rings. The first-order chi connectivity index (χ1) is 14.0. The molecule has 1 saturated carbocycles. The third-order valence-electron chi connectivity index (χ3n) is 5.84. The van der Waals surface area contributed by atoms with Crippen molar-refractivity contribution in [2.45, 2.75) is 46.0 Å². The summed E-state index contributed by atoms with van der Waals surface area (Å²) in [5.41, 5.74) is 3.06. The lowest BCUT2D eigenvalue weighted by Crippen LogP contribution is -2.35. The molecule has 0 bridgehead atoms. The van der Waals surface area contributed by atoms with Crippen LogP contribution in [0.15, 0.2) is 24.3 Å². The van der Waals surface area contributed by atoms with E-state index in [9.17, 15) is 4.79 Å². The van der Waals surface area contributed by atoms with Gasteiger partial charge in [0.1, 0.15) is 5.82 Å². The van der Waals surface area contributed by atoms with Gasteiger partial charge in [0.25, 0.3) is 5.91 Å². The van der Waals surface area contributed by atoms with Gasteiger partial charge in [-0.15, -0.1) is 0 Å². The molecule has 1 aromatic heterocycles. The lowest BCUT2D eigenvalue weighted by molar-refractivity contribution is 0.102. The molecule has 4 rings (SSSR count). The largest absolute Gasteiger partial charge is 0.463 e. The van der Waals surface area contributed by atoms with E-state index in [0.29, 0.717) is 29.4 Å². The summed E-state index contributed by atoms with van der Waals surface area (Å²) in [7, 11) is 0. The SMILES string of the molecule is CCCOc1nc(C)cc(NC(=O)c2ccc(I)cc2N2CCC3(CC2)CC3)n1. The van der Waals surface area contributed by atoms with Gasteiger partial charge >= 0.3 is 6.01 Å². The van der Waals surface area contributed by atoms with Gasteiger partial charge in [-0.3, -0.25) is 4.79 Å². The first kappa shape index (κ1) is 20.4. The molecule has 2 aliphatic rings. The number of amides is 1. The van der Waals surface area contributed by atoms with E-state index in [1.165, 1.54) is 25.7 Å². The van der Waals surface area contributed by atoms with E-state index < -0.39 is 0 Å². The zero-order valence-corrected chi connectivity index (χ0v) is 19.2. The molecule has 1 aromatic carbocycles. The number of ether oxygens (including phenoxy) is 1. The molecule has 1 amide bonds. The number of carbonyl (C=O) groups excluding carboxylic acids is 1. The standard InChI is InChI=1S/C22H27IN4O2/c1-3-12-29-21-24-15(2)13-19(26-21)25-20(28)17-5-4-16(23)14-18(17)27-10-8-22(6-7-22)9-11-27/h4-5,13-14H,3,6-12H2,1-2H3,(H,24,25,26,28). The number of nitrogens with one attached hydrogen (secondary N) is 1. The van der Waals surface area contributed by atoms with Gasteiger partial charge in [0, 0.05) is 28.4 Å². The Balaban J connectivity index is 1.53. The zero-order chi connectivity index (χ0) is 20.4. The van der Waals surface area contributed by atoms with Crippen LogP contribution in [0.3, 0.4) is 0 Å². The van der Waals surface area contributed by atoms with Crippen molar-refractivity contribution >= 4 is 40.0 Å². The van der Waals surface area contributed by atoms with E-state index in [0.717, 1.165) is 34.5 Å². The number of aromatic nitrogens is 2. The highest BCUT2D eigenvalue weighted by Gasteiger charge is 2.44. The van der Waals surface area contributed by atoms with Gasteiger partial charge in [0.2, 0.25) is 0 Å². The lowest BCUT2D eigenvalue weighted by Gasteiger charge is -2.35. The number of hydrogen-bond acceptors (Lipinski definition) is 5. The number of carbonyl (C=O) groups is 1. The molecule has 2 heterocycles. The number of piperidine rings is 1. The minimum Gasteiger partial charge on any atom is -0.463 e. The molecule has 7 heteroatoms. The Morgan fingerprint density at radius 1 is 1.21 bits per heavy atom. The van der Waals surface area contributed by atoms with Gasteiger partial charge in [-0.25, -0.2) is 4.98 Å². The number of hydrogen-bond donors (Lipinski definition) is 1. The molecule has 6 nitrogen and oxygen atoms in total. The van der Waals surface area contributed by atoms with Gasteiger partial charge in [0.05, 0.1) is 17.9 Å². The molecule has 0 radical (unpaired) electrons. The molecule has 1 saturated heterocycles. The Bertz CT molecular complexity index is 904. The van der Waals surface area contributed by atoms with E-state index in [-0.39, 0.29) is 5.91 Å². The fourth-order valence-electron chi connectivity index (χ4n) is 3.90. The Kier molecular flexibility index (Phi) is 5.94. The first-order valence-electron chi connectivity index (χ1n) is 10.3. The lowest BCUT2D eigenvalue weighted by atomic mass is 9.93. The van der Waals surface area contributed by atoms with Crippen molar-refractivity contribution in [2.75, 3.05) is 29.9 Å². The Labute approximate surface area is 185 Å². The van der Waals surface area contributed by atoms with E-state index in [4.69, 9.17) is 4.74 Å². The van der Waals surface area contributed by atoms with Crippen LogP contribution in [0.4, 0.5) is 11.5 Å². The number of halogens is 1. The number of nitrogens with zero attached hydrogens (tertiary/aromatic N) is 3. The maximum absolute atomic E-state index is 13.1. The highest BCUT2D eigenvalue weighted by atomic mass is 127. The predicted octanol–water partition coefficient (Wildman–Crippen LogP) is 4.81. The minimum absolute atomic E-state index is 0.150. The van der Waals surface area contributed by atoms with Crippen LogP contribution < -0.4 is 15.0 Å². The zero-order valence-electron chi connectivity index (χ0n) is 17.0. The Morgan fingerprint density at radius 3 is 2.66 bits per heavy atom.